The molecule has 0 N–H and O–H groups in total. The predicted molar refractivity (Wildman–Crippen MR) is 270 cm³/mol. The predicted octanol–water partition coefficient (Wildman–Crippen LogP) is 17.6. The molecule has 63 heavy (non-hydrogen) atoms. The third-order valence-electron chi connectivity index (χ3n) is 11.5. The first-order valence-electron chi connectivity index (χ1n) is 26.8. The Balaban J connectivity index is 4.44. The van der Waals surface area contributed by atoms with Crippen molar-refractivity contribution in [2.75, 3.05) is 13.2 Å². The van der Waals surface area contributed by atoms with E-state index >= 15 is 0 Å². The van der Waals surface area contributed by atoms with Crippen molar-refractivity contribution in [2.45, 2.75) is 271 Å². The first kappa shape index (κ1) is 60.1. The molecule has 0 radical (unpaired) electrons. The Bertz CT molecular complexity index is 1150. The van der Waals surface area contributed by atoms with E-state index in [0.717, 1.165) is 64.2 Å². The summed E-state index contributed by atoms with van der Waals surface area (Å²) < 4.78 is 16.8. The largest absolute Gasteiger partial charge is 0.462 e. The minimum atomic E-state index is -0.795. The van der Waals surface area contributed by atoms with Gasteiger partial charge in [0.1, 0.15) is 13.2 Å². The molecular weight excluding hydrogens is 781 g/mol. The summed E-state index contributed by atoms with van der Waals surface area (Å²) >= 11 is 0. The Morgan fingerprint density at radius 3 is 1.00 bits per heavy atom. The molecule has 0 aromatic carbocycles. The number of carbonyl (C=O) groups is 3. The van der Waals surface area contributed by atoms with E-state index in [4.69, 9.17) is 14.2 Å². The highest BCUT2D eigenvalue weighted by atomic mass is 16.6. The molecule has 6 nitrogen and oxygen atoms in total. The van der Waals surface area contributed by atoms with Crippen molar-refractivity contribution in [3.05, 3.63) is 60.8 Å². The highest BCUT2D eigenvalue weighted by molar-refractivity contribution is 5.71. The number of ether oxygens (including phenoxy) is 3. The molecule has 0 spiro atoms. The highest BCUT2D eigenvalue weighted by Gasteiger charge is 2.19. The first-order chi connectivity index (χ1) is 31.0. The van der Waals surface area contributed by atoms with E-state index in [-0.39, 0.29) is 37.5 Å². The van der Waals surface area contributed by atoms with Gasteiger partial charge in [-0.05, 0) is 83.5 Å². The fraction of sp³-hybridized carbons (Fsp3) is 0.772. The van der Waals surface area contributed by atoms with Crippen LogP contribution in [0, 0.1) is 0 Å². The Morgan fingerprint density at radius 2 is 0.587 bits per heavy atom. The van der Waals surface area contributed by atoms with Crippen molar-refractivity contribution in [3.63, 3.8) is 0 Å². The van der Waals surface area contributed by atoms with Crippen LogP contribution in [0.4, 0.5) is 0 Å². The fourth-order valence-electron chi connectivity index (χ4n) is 7.43. The lowest BCUT2D eigenvalue weighted by atomic mass is 10.1. The summed E-state index contributed by atoms with van der Waals surface area (Å²) in [5, 5.41) is 0. The minimum absolute atomic E-state index is 0.0909. The van der Waals surface area contributed by atoms with E-state index in [9.17, 15) is 14.4 Å². The zero-order valence-corrected chi connectivity index (χ0v) is 41.6. The monoisotopic (exact) mass is 881 g/mol. The van der Waals surface area contributed by atoms with Crippen LogP contribution in [0.3, 0.4) is 0 Å². The molecule has 1 atom stereocenters. The number of unbranched alkanes of at least 4 members (excludes halogenated alkanes) is 27. The van der Waals surface area contributed by atoms with Crippen LogP contribution in [0.5, 0.6) is 0 Å². The molecule has 0 heterocycles. The van der Waals surface area contributed by atoms with Crippen LogP contribution in [-0.2, 0) is 28.6 Å². The summed E-state index contributed by atoms with van der Waals surface area (Å²) in [4.78, 5) is 38.0. The van der Waals surface area contributed by atoms with Crippen molar-refractivity contribution >= 4 is 17.9 Å². The number of hydrogen-bond acceptors (Lipinski definition) is 6. The second-order valence-corrected chi connectivity index (χ2v) is 17.8. The van der Waals surface area contributed by atoms with Crippen LogP contribution in [0.15, 0.2) is 60.8 Å². The Labute approximate surface area is 390 Å². The van der Waals surface area contributed by atoms with E-state index in [1.54, 1.807) is 0 Å². The van der Waals surface area contributed by atoms with Gasteiger partial charge in [-0.1, -0.05) is 223 Å². The van der Waals surface area contributed by atoms with Crippen LogP contribution in [-0.4, -0.2) is 37.2 Å². The van der Waals surface area contributed by atoms with Gasteiger partial charge in [-0.15, -0.1) is 0 Å². The van der Waals surface area contributed by atoms with Gasteiger partial charge in [-0.3, -0.25) is 14.4 Å². The second-order valence-electron chi connectivity index (χ2n) is 17.8. The Kier molecular flexibility index (Phi) is 49.4. The first-order valence-corrected chi connectivity index (χ1v) is 26.8. The van der Waals surface area contributed by atoms with Gasteiger partial charge >= 0.3 is 17.9 Å². The van der Waals surface area contributed by atoms with Crippen molar-refractivity contribution < 1.29 is 28.6 Å². The topological polar surface area (TPSA) is 78.9 Å². The summed E-state index contributed by atoms with van der Waals surface area (Å²) in [5.74, 6) is -0.948. The molecule has 0 rings (SSSR count). The molecule has 0 unspecified atom stereocenters. The van der Waals surface area contributed by atoms with Crippen molar-refractivity contribution in [2.24, 2.45) is 0 Å². The van der Waals surface area contributed by atoms with Crippen LogP contribution >= 0.6 is 0 Å². The molecule has 0 aromatic heterocycles. The van der Waals surface area contributed by atoms with Crippen LogP contribution in [0.2, 0.25) is 0 Å². The van der Waals surface area contributed by atoms with Crippen LogP contribution in [0.25, 0.3) is 0 Å². The maximum atomic E-state index is 12.8. The van der Waals surface area contributed by atoms with Gasteiger partial charge in [-0.25, -0.2) is 0 Å². The van der Waals surface area contributed by atoms with E-state index in [2.05, 4.69) is 81.5 Å². The van der Waals surface area contributed by atoms with Crippen molar-refractivity contribution in [1.29, 1.82) is 0 Å². The van der Waals surface area contributed by atoms with Gasteiger partial charge < -0.3 is 14.2 Å². The maximum absolute atomic E-state index is 12.8. The SMILES string of the molecule is CCCCC/C=C\C/C=C\C/C=C\C/C=C\CCCC(=O)OC[C@H](COC(=O)CCCCCCCCCCCCC)OC(=O)CCCCCCCCC/C=C\CCCCCCCC. The number of hydrogen-bond donors (Lipinski definition) is 0. The maximum Gasteiger partial charge on any atom is 0.306 e. The second kappa shape index (κ2) is 51.7. The zero-order valence-electron chi connectivity index (χ0n) is 41.6. The molecular formula is C57H100O6. The van der Waals surface area contributed by atoms with Crippen molar-refractivity contribution in [3.8, 4) is 0 Å². The van der Waals surface area contributed by atoms with E-state index < -0.39 is 6.10 Å². The Morgan fingerprint density at radius 1 is 0.317 bits per heavy atom. The normalized spacial score (nSPS) is 12.5. The molecule has 6 heteroatoms. The summed E-state index contributed by atoms with van der Waals surface area (Å²) in [6.07, 6.45) is 63.5. The van der Waals surface area contributed by atoms with Gasteiger partial charge in [0, 0.05) is 19.3 Å². The fourth-order valence-corrected chi connectivity index (χ4v) is 7.43. The smallest absolute Gasteiger partial charge is 0.306 e. The average molecular weight is 881 g/mol. The number of esters is 3. The van der Waals surface area contributed by atoms with Gasteiger partial charge in [0.05, 0.1) is 0 Å². The van der Waals surface area contributed by atoms with E-state index in [1.807, 2.05) is 0 Å². The molecule has 0 aliphatic heterocycles. The lowest BCUT2D eigenvalue weighted by Crippen LogP contribution is -2.30. The third kappa shape index (κ3) is 50.0. The lowest BCUT2D eigenvalue weighted by Gasteiger charge is -2.18. The van der Waals surface area contributed by atoms with E-state index in [1.165, 1.54) is 154 Å². The van der Waals surface area contributed by atoms with Gasteiger partial charge in [0.15, 0.2) is 6.10 Å². The summed E-state index contributed by atoms with van der Waals surface area (Å²) in [6.45, 7) is 6.56. The lowest BCUT2D eigenvalue weighted by molar-refractivity contribution is -0.167. The van der Waals surface area contributed by atoms with Crippen molar-refractivity contribution in [1.82, 2.24) is 0 Å². The molecule has 0 fully saturated rings. The molecule has 0 saturated heterocycles. The Hall–Kier alpha value is -2.89. The van der Waals surface area contributed by atoms with E-state index in [0.29, 0.717) is 19.3 Å². The van der Waals surface area contributed by atoms with Gasteiger partial charge in [-0.2, -0.15) is 0 Å². The number of allylic oxidation sites excluding steroid dienone is 10. The molecule has 0 bridgehead atoms. The quantitative estimate of drug-likeness (QED) is 0.0262. The molecule has 0 aliphatic carbocycles. The highest BCUT2D eigenvalue weighted by Crippen LogP contribution is 2.15. The minimum Gasteiger partial charge on any atom is -0.462 e. The molecule has 0 saturated carbocycles. The zero-order chi connectivity index (χ0) is 45.8. The summed E-state index contributed by atoms with van der Waals surface area (Å²) in [7, 11) is 0. The molecule has 0 aromatic rings. The van der Waals surface area contributed by atoms with Gasteiger partial charge in [0.25, 0.3) is 0 Å². The van der Waals surface area contributed by atoms with Crippen LogP contribution in [0.1, 0.15) is 265 Å². The van der Waals surface area contributed by atoms with Gasteiger partial charge in [0.2, 0.25) is 0 Å². The summed E-state index contributed by atoms with van der Waals surface area (Å²) in [6, 6.07) is 0. The third-order valence-corrected chi connectivity index (χ3v) is 11.5. The number of carbonyl (C=O) groups excluding carboxylic acids is 3. The van der Waals surface area contributed by atoms with Crippen LogP contribution < -0.4 is 0 Å². The average Bonchev–Trinajstić information content (AvgIpc) is 3.28. The molecule has 0 aliphatic rings. The standard InChI is InChI=1S/C57H100O6/c1-4-7-10-13-16-19-22-24-26-28-30-32-35-38-41-44-47-50-56(59)62-53-54(52-61-55(58)49-46-43-40-37-34-21-18-15-12-9-6-3)63-57(60)51-48-45-42-39-36-33-31-29-27-25-23-20-17-14-11-8-5-2/h16,19,24-27,30,32,38,41,54H,4-15,17-18,20-23,28-29,31,33-37,39-40,42-53H2,1-3H3/b19-16-,26-24-,27-25-,32-30-,41-38-/t54-/m0/s1. The number of rotatable bonds is 48. The molecule has 0 amide bonds. The molecule has 364 valence electrons. The summed E-state index contributed by atoms with van der Waals surface area (Å²) in [5.41, 5.74) is 0.